The first kappa shape index (κ1) is 13.1. The van der Waals surface area contributed by atoms with E-state index in [1.165, 1.54) is 17.7 Å². The first-order valence-corrected chi connectivity index (χ1v) is 6.35. The number of nitrogens with one attached hydrogen (secondary N) is 1. The van der Waals surface area contributed by atoms with E-state index in [1.54, 1.807) is 0 Å². The van der Waals surface area contributed by atoms with E-state index >= 15 is 0 Å². The van der Waals surface area contributed by atoms with E-state index in [-0.39, 0.29) is 0 Å². The van der Waals surface area contributed by atoms with Gasteiger partial charge in [0.1, 0.15) is 0 Å². The molecule has 0 radical (unpaired) electrons. The average Bonchev–Trinajstić information content (AvgIpc) is 2.16. The van der Waals surface area contributed by atoms with Crippen molar-refractivity contribution in [2.45, 2.75) is 53.0 Å². The van der Waals surface area contributed by atoms with Gasteiger partial charge in [0.05, 0.1) is 0 Å². The van der Waals surface area contributed by atoms with Crippen molar-refractivity contribution in [3.05, 3.63) is 29.8 Å². The lowest BCUT2D eigenvalue weighted by Gasteiger charge is -2.18. The predicted molar refractivity (Wildman–Crippen MR) is 73.1 cm³/mol. The van der Waals surface area contributed by atoms with Crippen LogP contribution >= 0.6 is 0 Å². The number of hydrogen-bond donors (Lipinski definition) is 1. The predicted octanol–water partition coefficient (Wildman–Crippen LogP) is 4.66. The van der Waals surface area contributed by atoms with E-state index in [2.05, 4.69) is 64.2 Å². The van der Waals surface area contributed by atoms with Crippen LogP contribution in [0, 0.1) is 5.92 Å². The van der Waals surface area contributed by atoms with Gasteiger partial charge >= 0.3 is 0 Å². The molecule has 0 bridgehead atoms. The highest BCUT2D eigenvalue weighted by Crippen LogP contribution is 2.20. The van der Waals surface area contributed by atoms with Crippen LogP contribution < -0.4 is 5.32 Å². The molecule has 90 valence electrons. The highest BCUT2D eigenvalue weighted by atomic mass is 14.9. The van der Waals surface area contributed by atoms with E-state index in [9.17, 15) is 0 Å². The van der Waals surface area contributed by atoms with Crippen molar-refractivity contribution in [1.82, 2.24) is 0 Å². The molecule has 0 saturated heterocycles. The third kappa shape index (κ3) is 4.26. The highest BCUT2D eigenvalue weighted by Gasteiger charge is 2.05. The van der Waals surface area contributed by atoms with Crippen LogP contribution in [0.25, 0.3) is 0 Å². The van der Waals surface area contributed by atoms with Gasteiger partial charge in [0.25, 0.3) is 0 Å². The SMILES string of the molecule is CC(C)CC(C)Nc1cccc(C(C)C)c1. The Bertz CT molecular complexity index is 315. The molecule has 1 N–H and O–H groups in total. The van der Waals surface area contributed by atoms with Gasteiger partial charge in [0.15, 0.2) is 0 Å². The fourth-order valence-corrected chi connectivity index (χ4v) is 2.04. The molecule has 0 fully saturated rings. The molecule has 0 saturated carbocycles. The smallest absolute Gasteiger partial charge is 0.0345 e. The lowest BCUT2D eigenvalue weighted by molar-refractivity contribution is 0.540. The van der Waals surface area contributed by atoms with Gasteiger partial charge in [-0.1, -0.05) is 39.8 Å². The van der Waals surface area contributed by atoms with Crippen LogP contribution in [-0.4, -0.2) is 6.04 Å². The van der Waals surface area contributed by atoms with Crippen molar-refractivity contribution in [2.75, 3.05) is 5.32 Å². The van der Waals surface area contributed by atoms with Crippen molar-refractivity contribution in [3.63, 3.8) is 0 Å². The molecular formula is C15H25N. The maximum atomic E-state index is 3.57. The molecule has 16 heavy (non-hydrogen) atoms. The van der Waals surface area contributed by atoms with Crippen LogP contribution in [0.15, 0.2) is 24.3 Å². The topological polar surface area (TPSA) is 12.0 Å². The molecule has 1 atom stereocenters. The van der Waals surface area contributed by atoms with Gasteiger partial charge in [-0.2, -0.15) is 0 Å². The van der Waals surface area contributed by atoms with Crippen molar-refractivity contribution < 1.29 is 0 Å². The van der Waals surface area contributed by atoms with Gasteiger partial charge in [-0.15, -0.1) is 0 Å². The second kappa shape index (κ2) is 5.93. The minimum atomic E-state index is 0.544. The monoisotopic (exact) mass is 219 g/mol. The number of anilines is 1. The molecule has 1 nitrogen and oxygen atoms in total. The molecule has 0 aliphatic rings. The van der Waals surface area contributed by atoms with Crippen LogP contribution in [0.1, 0.15) is 52.5 Å². The second-order valence-corrected chi connectivity index (χ2v) is 5.46. The Balaban J connectivity index is 2.63. The summed E-state index contributed by atoms with van der Waals surface area (Å²) >= 11 is 0. The number of hydrogen-bond acceptors (Lipinski definition) is 1. The molecule has 0 aliphatic carbocycles. The summed E-state index contributed by atoms with van der Waals surface area (Å²) in [6.07, 6.45) is 1.21. The van der Waals surface area contributed by atoms with E-state index < -0.39 is 0 Å². The molecule has 0 spiro atoms. The summed E-state index contributed by atoms with van der Waals surface area (Å²) < 4.78 is 0. The zero-order valence-corrected chi connectivity index (χ0v) is 11.2. The Morgan fingerprint density at radius 2 is 1.75 bits per heavy atom. The maximum absolute atomic E-state index is 3.57. The quantitative estimate of drug-likeness (QED) is 0.759. The largest absolute Gasteiger partial charge is 0.383 e. The molecule has 1 rings (SSSR count). The van der Waals surface area contributed by atoms with E-state index in [1.807, 2.05) is 0 Å². The van der Waals surface area contributed by atoms with Crippen LogP contribution in [0.5, 0.6) is 0 Å². The number of benzene rings is 1. The first-order chi connectivity index (χ1) is 7.49. The summed E-state index contributed by atoms with van der Waals surface area (Å²) in [6.45, 7) is 11.3. The van der Waals surface area contributed by atoms with Gasteiger partial charge in [0, 0.05) is 11.7 Å². The van der Waals surface area contributed by atoms with E-state index in [0.717, 1.165) is 5.92 Å². The van der Waals surface area contributed by atoms with Gasteiger partial charge in [-0.05, 0) is 42.9 Å². The molecule has 0 aliphatic heterocycles. The van der Waals surface area contributed by atoms with Crippen LogP contribution in [-0.2, 0) is 0 Å². The lowest BCUT2D eigenvalue weighted by atomic mass is 10.0. The molecule has 1 heteroatoms. The molecule has 0 heterocycles. The molecule has 1 unspecified atom stereocenters. The zero-order chi connectivity index (χ0) is 12.1. The van der Waals surface area contributed by atoms with Gasteiger partial charge in [-0.3, -0.25) is 0 Å². The fraction of sp³-hybridized carbons (Fsp3) is 0.600. The van der Waals surface area contributed by atoms with Crippen molar-refractivity contribution in [1.29, 1.82) is 0 Å². The van der Waals surface area contributed by atoms with Crippen molar-refractivity contribution in [3.8, 4) is 0 Å². The van der Waals surface area contributed by atoms with Crippen molar-refractivity contribution >= 4 is 5.69 Å². The Labute approximate surface area is 100 Å². The van der Waals surface area contributed by atoms with Gasteiger partial charge < -0.3 is 5.32 Å². The molecule has 0 amide bonds. The normalized spacial score (nSPS) is 13.2. The molecule has 1 aromatic rings. The summed E-state index contributed by atoms with van der Waals surface area (Å²) in [5.41, 5.74) is 2.65. The van der Waals surface area contributed by atoms with E-state index in [0.29, 0.717) is 12.0 Å². The Morgan fingerprint density at radius 3 is 2.31 bits per heavy atom. The summed E-state index contributed by atoms with van der Waals surface area (Å²) in [4.78, 5) is 0. The standard InChI is InChI=1S/C15H25N/c1-11(2)9-13(5)16-15-8-6-7-14(10-15)12(3)4/h6-8,10-13,16H,9H2,1-5H3. The maximum Gasteiger partial charge on any atom is 0.0345 e. The Hall–Kier alpha value is -0.980. The Kier molecular flexibility index (Phi) is 4.85. The molecular weight excluding hydrogens is 194 g/mol. The zero-order valence-electron chi connectivity index (χ0n) is 11.2. The second-order valence-electron chi connectivity index (χ2n) is 5.46. The third-order valence-corrected chi connectivity index (χ3v) is 2.79. The van der Waals surface area contributed by atoms with Gasteiger partial charge in [0.2, 0.25) is 0 Å². The molecule has 0 aromatic heterocycles. The summed E-state index contributed by atoms with van der Waals surface area (Å²) in [7, 11) is 0. The highest BCUT2D eigenvalue weighted by molar-refractivity contribution is 5.47. The van der Waals surface area contributed by atoms with Gasteiger partial charge in [-0.25, -0.2) is 0 Å². The van der Waals surface area contributed by atoms with Crippen molar-refractivity contribution in [2.24, 2.45) is 5.92 Å². The summed E-state index contributed by atoms with van der Waals surface area (Å²) in [5, 5.41) is 3.57. The van der Waals surface area contributed by atoms with E-state index in [4.69, 9.17) is 0 Å². The van der Waals surface area contributed by atoms with Crippen LogP contribution in [0.3, 0.4) is 0 Å². The first-order valence-electron chi connectivity index (χ1n) is 6.35. The minimum absolute atomic E-state index is 0.544. The lowest BCUT2D eigenvalue weighted by Crippen LogP contribution is -2.17. The summed E-state index contributed by atoms with van der Waals surface area (Å²) in [6, 6.07) is 9.30. The molecule has 1 aromatic carbocycles. The Morgan fingerprint density at radius 1 is 1.06 bits per heavy atom. The fourth-order valence-electron chi connectivity index (χ4n) is 2.04. The van der Waals surface area contributed by atoms with Crippen LogP contribution in [0.4, 0.5) is 5.69 Å². The minimum Gasteiger partial charge on any atom is -0.383 e. The average molecular weight is 219 g/mol. The number of rotatable bonds is 5. The summed E-state index contributed by atoms with van der Waals surface area (Å²) in [5.74, 6) is 1.35. The van der Waals surface area contributed by atoms with Crippen LogP contribution in [0.2, 0.25) is 0 Å². The third-order valence-electron chi connectivity index (χ3n) is 2.79.